The van der Waals surface area contributed by atoms with Gasteiger partial charge in [-0.25, -0.2) is 4.79 Å². The van der Waals surface area contributed by atoms with Crippen LogP contribution in [0.25, 0.3) is 0 Å². The minimum absolute atomic E-state index is 0.0482. The number of carbonyl (C=O) groups is 1. The molecule has 1 aromatic rings. The first-order valence-corrected chi connectivity index (χ1v) is 10.8. The fourth-order valence-corrected chi connectivity index (χ4v) is 5.31. The molecule has 0 aliphatic carbocycles. The van der Waals surface area contributed by atoms with Crippen molar-refractivity contribution in [3.05, 3.63) is 48.7 Å². The van der Waals surface area contributed by atoms with Gasteiger partial charge in [-0.15, -0.1) is 4.31 Å². The summed E-state index contributed by atoms with van der Waals surface area (Å²) in [5.74, 6) is 0. The highest BCUT2D eigenvalue weighted by Gasteiger charge is 2.36. The van der Waals surface area contributed by atoms with Gasteiger partial charge in [-0.1, -0.05) is 36.9 Å². The van der Waals surface area contributed by atoms with Crippen LogP contribution in [-0.2, 0) is 22.7 Å². The molecule has 1 aromatic carbocycles. The average Bonchev–Trinajstić information content (AvgIpc) is 2.74. The topological polar surface area (TPSA) is 67.9 Å². The Labute approximate surface area is 164 Å². The molecule has 2 aliphatic rings. The maximum Gasteiger partial charge on any atom is 0.414 e. The summed E-state index contributed by atoms with van der Waals surface area (Å²) in [5.41, 5.74) is 0.960. The van der Waals surface area contributed by atoms with Crippen LogP contribution in [0.2, 0.25) is 0 Å². The lowest BCUT2D eigenvalue weighted by molar-refractivity contribution is 0.0889. The maximum absolute atomic E-state index is 12.8. The molecule has 0 spiro atoms. The predicted molar refractivity (Wildman–Crippen MR) is 107 cm³/mol. The second-order valence-corrected chi connectivity index (χ2v) is 8.75. The molecule has 1 unspecified atom stereocenters. The summed E-state index contributed by atoms with van der Waals surface area (Å²) in [7, 11) is 0. The van der Waals surface area contributed by atoms with Crippen molar-refractivity contribution < 1.29 is 14.1 Å². The summed E-state index contributed by atoms with van der Waals surface area (Å²) >= 11 is -0.929. The van der Waals surface area contributed by atoms with E-state index in [0.717, 1.165) is 57.4 Å². The molecule has 1 atom stereocenters. The molecule has 0 saturated carbocycles. The number of nitrogens with zero attached hydrogens (tertiary/aromatic N) is 2. The van der Waals surface area contributed by atoms with Crippen molar-refractivity contribution in [2.75, 3.05) is 26.2 Å². The van der Waals surface area contributed by atoms with Gasteiger partial charge >= 0.3 is 6.09 Å². The van der Waals surface area contributed by atoms with Crippen LogP contribution >= 0.6 is 0 Å². The van der Waals surface area contributed by atoms with Gasteiger partial charge in [0.1, 0.15) is 11.9 Å². The van der Waals surface area contributed by atoms with E-state index >= 15 is 0 Å². The smallest absolute Gasteiger partial charge is 0.414 e. The molecular weight excluding hydrogens is 362 g/mol. The van der Waals surface area contributed by atoms with Gasteiger partial charge in [0, 0.05) is 49.5 Å². The average molecular weight is 392 g/mol. The molecule has 0 radical (unpaired) electrons. The van der Waals surface area contributed by atoms with E-state index < -0.39 is 11.4 Å². The molecule has 1 amide bonds. The lowest BCUT2D eigenvalue weighted by Crippen LogP contribution is -2.50. The highest BCUT2D eigenvalue weighted by atomic mass is 32.2. The van der Waals surface area contributed by atoms with Gasteiger partial charge in [0.25, 0.3) is 0 Å². The van der Waals surface area contributed by atoms with E-state index in [-0.39, 0.29) is 24.0 Å². The van der Waals surface area contributed by atoms with Crippen molar-refractivity contribution in [1.82, 2.24) is 14.5 Å². The SMILES string of the molecule is C=CN(C(=O)OCc1ccccc1)C1CCN([S+]([O-])C2CCNCC2)CC1. The number of rotatable bonds is 6. The first kappa shape index (κ1) is 20.2. The summed E-state index contributed by atoms with van der Waals surface area (Å²) in [6.45, 7) is 7.40. The van der Waals surface area contributed by atoms with Gasteiger partial charge in [-0.2, -0.15) is 0 Å². The van der Waals surface area contributed by atoms with Crippen LogP contribution in [0.1, 0.15) is 31.2 Å². The second-order valence-electron chi connectivity index (χ2n) is 7.02. The van der Waals surface area contributed by atoms with Crippen molar-refractivity contribution in [1.29, 1.82) is 0 Å². The van der Waals surface area contributed by atoms with Crippen LogP contribution < -0.4 is 5.32 Å². The number of nitrogens with one attached hydrogen (secondary N) is 1. The zero-order chi connectivity index (χ0) is 19.1. The zero-order valence-electron chi connectivity index (χ0n) is 15.7. The normalized spacial score (nSPS) is 20.8. The first-order chi connectivity index (χ1) is 13.2. The van der Waals surface area contributed by atoms with E-state index in [1.165, 1.54) is 0 Å². The molecule has 7 heteroatoms. The van der Waals surface area contributed by atoms with Gasteiger partial charge < -0.3 is 14.6 Å². The summed E-state index contributed by atoms with van der Waals surface area (Å²) in [4.78, 5) is 14.1. The Kier molecular flexibility index (Phi) is 7.58. The molecule has 2 saturated heterocycles. The lowest BCUT2D eigenvalue weighted by atomic mass is 10.1. The molecule has 0 aromatic heterocycles. The zero-order valence-corrected chi connectivity index (χ0v) is 16.5. The number of ether oxygens (including phenoxy) is 1. The molecule has 0 bridgehead atoms. The lowest BCUT2D eigenvalue weighted by Gasteiger charge is -2.38. The third-order valence-electron chi connectivity index (χ3n) is 5.26. The van der Waals surface area contributed by atoms with Crippen LogP contribution in [0.5, 0.6) is 0 Å². The molecule has 6 nitrogen and oxygen atoms in total. The standard InChI is InChI=1S/C20H29N3O3S/c1-2-23(20(24)26-16-17-6-4-3-5-7-17)18-10-14-22(15-11-18)27(25)19-8-12-21-13-9-19/h2-7,18-19,21H,1,8-16H2. The molecule has 2 heterocycles. The number of benzene rings is 1. The van der Waals surface area contributed by atoms with Crippen molar-refractivity contribution in [3.8, 4) is 0 Å². The molecular formula is C20H29N3O3S. The number of hydrogen-bond donors (Lipinski definition) is 1. The van der Waals surface area contributed by atoms with E-state index in [9.17, 15) is 9.35 Å². The third-order valence-corrected chi connectivity index (χ3v) is 7.17. The van der Waals surface area contributed by atoms with E-state index in [1.54, 1.807) is 11.1 Å². The Bertz CT molecular complexity index is 602. The summed E-state index contributed by atoms with van der Waals surface area (Å²) in [6, 6.07) is 9.69. The van der Waals surface area contributed by atoms with E-state index in [4.69, 9.17) is 4.74 Å². The quantitative estimate of drug-likeness (QED) is 0.755. The molecule has 148 valence electrons. The summed E-state index contributed by atoms with van der Waals surface area (Å²) in [6.07, 6.45) is 4.68. The van der Waals surface area contributed by atoms with E-state index in [2.05, 4.69) is 16.2 Å². The Hall–Kier alpha value is -1.54. The Balaban J connectivity index is 1.47. The van der Waals surface area contributed by atoms with E-state index in [0.29, 0.717) is 0 Å². The Morgan fingerprint density at radius 2 is 1.93 bits per heavy atom. The Morgan fingerprint density at radius 3 is 2.56 bits per heavy atom. The minimum atomic E-state index is -0.929. The number of amides is 1. The van der Waals surface area contributed by atoms with Crippen molar-refractivity contribution in [2.45, 2.75) is 43.6 Å². The molecule has 3 rings (SSSR count). The van der Waals surface area contributed by atoms with Crippen LogP contribution in [0.3, 0.4) is 0 Å². The van der Waals surface area contributed by atoms with Gasteiger partial charge in [0.15, 0.2) is 0 Å². The maximum atomic E-state index is 12.8. The number of carbonyl (C=O) groups excluding carboxylic acids is 1. The number of hydrogen-bond acceptors (Lipinski definition) is 5. The highest BCUT2D eigenvalue weighted by Crippen LogP contribution is 2.24. The molecule has 2 fully saturated rings. The van der Waals surface area contributed by atoms with Gasteiger partial charge in [-0.3, -0.25) is 4.90 Å². The van der Waals surface area contributed by atoms with Crippen molar-refractivity contribution in [3.63, 3.8) is 0 Å². The number of piperidine rings is 2. The fourth-order valence-electron chi connectivity index (χ4n) is 3.67. The van der Waals surface area contributed by atoms with Gasteiger partial charge in [0.2, 0.25) is 0 Å². The molecule has 2 aliphatic heterocycles. The second kappa shape index (κ2) is 10.1. The largest absolute Gasteiger partial charge is 0.598 e. The first-order valence-electron chi connectivity index (χ1n) is 9.67. The summed E-state index contributed by atoms with van der Waals surface area (Å²) < 4.78 is 20.3. The minimum Gasteiger partial charge on any atom is -0.598 e. The highest BCUT2D eigenvalue weighted by molar-refractivity contribution is 7.89. The third kappa shape index (κ3) is 5.48. The van der Waals surface area contributed by atoms with Crippen LogP contribution in [0.15, 0.2) is 43.1 Å². The van der Waals surface area contributed by atoms with Crippen LogP contribution in [0, 0.1) is 0 Å². The summed E-state index contributed by atoms with van der Waals surface area (Å²) in [5, 5.41) is 3.57. The van der Waals surface area contributed by atoms with E-state index in [1.807, 2.05) is 30.3 Å². The Morgan fingerprint density at radius 1 is 1.26 bits per heavy atom. The molecule has 1 N–H and O–H groups in total. The van der Waals surface area contributed by atoms with Gasteiger partial charge in [-0.05, 0) is 31.5 Å². The van der Waals surface area contributed by atoms with Crippen LogP contribution in [0.4, 0.5) is 4.79 Å². The van der Waals surface area contributed by atoms with Crippen molar-refractivity contribution >= 4 is 17.5 Å². The predicted octanol–water partition coefficient (Wildman–Crippen LogP) is 2.65. The van der Waals surface area contributed by atoms with Crippen LogP contribution in [-0.4, -0.2) is 57.3 Å². The monoisotopic (exact) mass is 391 g/mol. The molecule has 27 heavy (non-hydrogen) atoms. The fraction of sp³-hybridized carbons (Fsp3) is 0.550. The van der Waals surface area contributed by atoms with Crippen molar-refractivity contribution in [2.24, 2.45) is 0 Å². The van der Waals surface area contributed by atoms with Gasteiger partial charge in [0.05, 0.1) is 0 Å².